The first kappa shape index (κ1) is 14.6. The van der Waals surface area contributed by atoms with E-state index in [1.165, 1.54) is 10.4 Å². The molecule has 4 heteroatoms. The van der Waals surface area contributed by atoms with Crippen LogP contribution in [0.1, 0.15) is 36.2 Å². The SMILES string of the molecule is CCCNC(CCc1ccsc1)c1cc(OC)cs1. The Labute approximate surface area is 123 Å². The highest BCUT2D eigenvalue weighted by Gasteiger charge is 2.13. The Bertz CT molecular complexity index is 464. The molecule has 0 radical (unpaired) electrons. The molecule has 0 fully saturated rings. The molecule has 1 unspecified atom stereocenters. The third-order valence-corrected chi connectivity index (χ3v) is 4.87. The summed E-state index contributed by atoms with van der Waals surface area (Å²) in [4.78, 5) is 1.38. The van der Waals surface area contributed by atoms with Crippen LogP contribution in [0, 0.1) is 0 Å². The van der Waals surface area contributed by atoms with E-state index in [0.717, 1.165) is 31.6 Å². The monoisotopic (exact) mass is 295 g/mol. The molecule has 0 amide bonds. The fraction of sp³-hybridized carbons (Fsp3) is 0.467. The van der Waals surface area contributed by atoms with Crippen LogP contribution < -0.4 is 10.1 Å². The summed E-state index contributed by atoms with van der Waals surface area (Å²) in [6.07, 6.45) is 3.43. The van der Waals surface area contributed by atoms with Crippen molar-refractivity contribution < 1.29 is 4.74 Å². The molecule has 19 heavy (non-hydrogen) atoms. The Kier molecular flexibility index (Phi) is 5.89. The van der Waals surface area contributed by atoms with E-state index < -0.39 is 0 Å². The van der Waals surface area contributed by atoms with Crippen LogP contribution in [-0.4, -0.2) is 13.7 Å². The molecule has 2 aromatic heterocycles. The predicted octanol–water partition coefficient (Wildman–Crippen LogP) is 4.49. The maximum atomic E-state index is 5.28. The second-order valence-corrected chi connectivity index (χ2v) is 6.29. The standard InChI is InChI=1S/C15H21NOS2/c1-3-7-16-14(5-4-12-6-8-18-10-12)15-9-13(17-2)11-19-15/h6,8-11,14,16H,3-5,7H2,1-2H3. The number of methoxy groups -OCH3 is 1. The van der Waals surface area contributed by atoms with E-state index in [0.29, 0.717) is 6.04 Å². The second-order valence-electron chi connectivity index (χ2n) is 4.57. The molecule has 0 aliphatic carbocycles. The van der Waals surface area contributed by atoms with E-state index in [2.05, 4.69) is 40.5 Å². The molecule has 1 N–H and O–H groups in total. The molecule has 0 saturated heterocycles. The molecule has 2 nitrogen and oxygen atoms in total. The molecular formula is C15H21NOS2. The molecule has 0 spiro atoms. The van der Waals surface area contributed by atoms with Gasteiger partial charge in [0.05, 0.1) is 7.11 Å². The van der Waals surface area contributed by atoms with E-state index in [1.54, 1.807) is 29.8 Å². The highest BCUT2D eigenvalue weighted by Crippen LogP contribution is 2.29. The van der Waals surface area contributed by atoms with Gasteiger partial charge in [-0.05, 0) is 54.3 Å². The molecule has 2 rings (SSSR count). The Morgan fingerprint density at radius 1 is 1.37 bits per heavy atom. The molecule has 2 heterocycles. The summed E-state index contributed by atoms with van der Waals surface area (Å²) >= 11 is 3.56. The van der Waals surface area contributed by atoms with Gasteiger partial charge in [-0.1, -0.05) is 6.92 Å². The van der Waals surface area contributed by atoms with Crippen LogP contribution in [-0.2, 0) is 6.42 Å². The normalized spacial score (nSPS) is 12.5. The zero-order chi connectivity index (χ0) is 13.5. The molecule has 0 aliphatic heterocycles. The van der Waals surface area contributed by atoms with Gasteiger partial charge in [0.25, 0.3) is 0 Å². The fourth-order valence-electron chi connectivity index (χ4n) is 2.03. The quantitative estimate of drug-likeness (QED) is 0.774. The van der Waals surface area contributed by atoms with E-state index >= 15 is 0 Å². The zero-order valence-electron chi connectivity index (χ0n) is 11.5. The first-order valence-corrected chi connectivity index (χ1v) is 8.52. The summed E-state index contributed by atoms with van der Waals surface area (Å²) in [5.41, 5.74) is 1.44. The van der Waals surface area contributed by atoms with Crippen LogP contribution in [0.4, 0.5) is 0 Å². The molecule has 0 aromatic carbocycles. The molecule has 104 valence electrons. The zero-order valence-corrected chi connectivity index (χ0v) is 13.2. The predicted molar refractivity (Wildman–Crippen MR) is 84.5 cm³/mol. The number of aryl methyl sites for hydroxylation is 1. The summed E-state index contributed by atoms with van der Waals surface area (Å²) in [5, 5.41) is 10.1. The Hall–Kier alpha value is -0.840. The average molecular weight is 295 g/mol. The van der Waals surface area contributed by atoms with Crippen LogP contribution in [0.2, 0.25) is 0 Å². The number of nitrogens with one attached hydrogen (secondary N) is 1. The third-order valence-electron chi connectivity index (χ3n) is 3.12. The lowest BCUT2D eigenvalue weighted by atomic mass is 10.1. The van der Waals surface area contributed by atoms with E-state index in [1.807, 2.05) is 0 Å². The Morgan fingerprint density at radius 2 is 2.26 bits per heavy atom. The van der Waals surface area contributed by atoms with Gasteiger partial charge in [-0.2, -0.15) is 11.3 Å². The number of ether oxygens (including phenoxy) is 1. The van der Waals surface area contributed by atoms with Crippen molar-refractivity contribution in [3.63, 3.8) is 0 Å². The van der Waals surface area contributed by atoms with Crippen LogP contribution in [0.25, 0.3) is 0 Å². The summed E-state index contributed by atoms with van der Waals surface area (Å²) in [6.45, 7) is 3.27. The first-order chi connectivity index (χ1) is 9.33. The topological polar surface area (TPSA) is 21.3 Å². The smallest absolute Gasteiger partial charge is 0.129 e. The van der Waals surface area contributed by atoms with Gasteiger partial charge in [0, 0.05) is 16.3 Å². The van der Waals surface area contributed by atoms with Gasteiger partial charge in [0.15, 0.2) is 0 Å². The lowest BCUT2D eigenvalue weighted by molar-refractivity contribution is 0.415. The molecule has 0 aliphatic rings. The minimum Gasteiger partial charge on any atom is -0.496 e. The van der Waals surface area contributed by atoms with Gasteiger partial charge in [0.1, 0.15) is 5.75 Å². The molecule has 1 atom stereocenters. The van der Waals surface area contributed by atoms with Crippen molar-refractivity contribution in [2.45, 2.75) is 32.2 Å². The Morgan fingerprint density at radius 3 is 2.89 bits per heavy atom. The van der Waals surface area contributed by atoms with Gasteiger partial charge in [0.2, 0.25) is 0 Å². The number of hydrogen-bond donors (Lipinski definition) is 1. The summed E-state index contributed by atoms with van der Waals surface area (Å²) in [7, 11) is 1.73. The molecule has 0 saturated carbocycles. The van der Waals surface area contributed by atoms with Crippen LogP contribution in [0.5, 0.6) is 5.75 Å². The molecule has 2 aromatic rings. The number of thiophene rings is 2. The molecular weight excluding hydrogens is 274 g/mol. The second kappa shape index (κ2) is 7.68. The fourth-order valence-corrected chi connectivity index (χ4v) is 3.70. The van der Waals surface area contributed by atoms with Crippen molar-refractivity contribution >= 4 is 22.7 Å². The largest absolute Gasteiger partial charge is 0.496 e. The summed E-state index contributed by atoms with van der Waals surface area (Å²) in [6, 6.07) is 4.82. The van der Waals surface area contributed by atoms with Gasteiger partial charge in [-0.3, -0.25) is 0 Å². The maximum absolute atomic E-state index is 5.28. The van der Waals surface area contributed by atoms with Gasteiger partial charge in [-0.15, -0.1) is 11.3 Å². The van der Waals surface area contributed by atoms with Crippen LogP contribution in [0.15, 0.2) is 28.3 Å². The lowest BCUT2D eigenvalue weighted by Crippen LogP contribution is -2.21. The minimum absolute atomic E-state index is 0.439. The lowest BCUT2D eigenvalue weighted by Gasteiger charge is -2.16. The Balaban J connectivity index is 1.98. The maximum Gasteiger partial charge on any atom is 0.129 e. The third kappa shape index (κ3) is 4.34. The minimum atomic E-state index is 0.439. The number of rotatable bonds is 8. The van der Waals surface area contributed by atoms with Crippen molar-refractivity contribution in [1.29, 1.82) is 0 Å². The van der Waals surface area contributed by atoms with Crippen LogP contribution in [0.3, 0.4) is 0 Å². The van der Waals surface area contributed by atoms with E-state index in [-0.39, 0.29) is 0 Å². The highest BCUT2D eigenvalue weighted by molar-refractivity contribution is 7.10. The van der Waals surface area contributed by atoms with Crippen molar-refractivity contribution in [3.05, 3.63) is 38.7 Å². The van der Waals surface area contributed by atoms with E-state index in [4.69, 9.17) is 4.74 Å². The van der Waals surface area contributed by atoms with Crippen LogP contribution >= 0.6 is 22.7 Å². The van der Waals surface area contributed by atoms with Crippen molar-refractivity contribution in [3.8, 4) is 5.75 Å². The average Bonchev–Trinajstić information content (AvgIpc) is 3.09. The van der Waals surface area contributed by atoms with Crippen molar-refractivity contribution in [2.75, 3.05) is 13.7 Å². The summed E-state index contributed by atoms with van der Waals surface area (Å²) < 4.78 is 5.28. The van der Waals surface area contributed by atoms with Gasteiger partial charge < -0.3 is 10.1 Å². The van der Waals surface area contributed by atoms with E-state index in [9.17, 15) is 0 Å². The van der Waals surface area contributed by atoms with Crippen molar-refractivity contribution in [1.82, 2.24) is 5.32 Å². The van der Waals surface area contributed by atoms with Gasteiger partial charge in [-0.25, -0.2) is 0 Å². The van der Waals surface area contributed by atoms with Crippen molar-refractivity contribution in [2.24, 2.45) is 0 Å². The first-order valence-electron chi connectivity index (χ1n) is 6.70. The number of hydrogen-bond acceptors (Lipinski definition) is 4. The highest BCUT2D eigenvalue weighted by atomic mass is 32.1. The molecule has 0 bridgehead atoms. The van der Waals surface area contributed by atoms with Gasteiger partial charge >= 0.3 is 0 Å². The summed E-state index contributed by atoms with van der Waals surface area (Å²) in [5.74, 6) is 0.971.